The Hall–Kier alpha value is -2.54. The summed E-state index contributed by atoms with van der Waals surface area (Å²) in [5, 5.41) is 11.4. The van der Waals surface area contributed by atoms with E-state index >= 15 is 0 Å². The summed E-state index contributed by atoms with van der Waals surface area (Å²) in [6.07, 6.45) is 3.69. The predicted octanol–water partition coefficient (Wildman–Crippen LogP) is 2.35. The van der Waals surface area contributed by atoms with E-state index in [9.17, 15) is 14.7 Å². The number of hydrogen-bond donors (Lipinski definition) is 1. The average molecular weight is 426 g/mol. The first-order chi connectivity index (χ1) is 14.9. The van der Waals surface area contributed by atoms with Crippen LogP contribution in [0.1, 0.15) is 49.9 Å². The number of rotatable bonds is 3. The van der Waals surface area contributed by atoms with Gasteiger partial charge in [-0.1, -0.05) is 0 Å². The zero-order chi connectivity index (χ0) is 21.9. The lowest BCUT2D eigenvalue weighted by Crippen LogP contribution is -2.55. The molecule has 3 aliphatic rings. The van der Waals surface area contributed by atoms with E-state index in [-0.39, 0.29) is 29.9 Å². The van der Waals surface area contributed by atoms with Gasteiger partial charge >= 0.3 is 0 Å². The van der Waals surface area contributed by atoms with Crippen molar-refractivity contribution in [2.24, 2.45) is 13.0 Å². The second kappa shape index (κ2) is 7.26. The Kier molecular flexibility index (Phi) is 4.77. The number of carbonyl (C=O) groups excluding carboxylic acids is 2. The lowest BCUT2D eigenvalue weighted by atomic mass is 9.68. The number of aryl methyl sites for hydroxylation is 1. The van der Waals surface area contributed by atoms with Gasteiger partial charge in [-0.3, -0.25) is 9.59 Å². The summed E-state index contributed by atoms with van der Waals surface area (Å²) >= 11 is 0. The number of aliphatic hydroxyl groups is 1. The summed E-state index contributed by atoms with van der Waals surface area (Å²) < 4.78 is 7.57. The number of aromatic nitrogens is 1. The van der Waals surface area contributed by atoms with Gasteiger partial charge in [0.05, 0.1) is 25.3 Å². The Labute approximate surface area is 182 Å². The summed E-state index contributed by atoms with van der Waals surface area (Å²) in [5.41, 5.74) is 3.07. The standard InChI is InChI=1S/C24H31N3O4/c1-15(29)27-14-24(8-10-26(11-9-24)23(30)16-4-5-16)21-18-7-6-17(31-3)12-19(18)25(2)22(21)20(27)13-28/h6-7,12,16,20,28H,4-5,8-11,13-14H2,1-3H3/t20-/m0/s1. The van der Waals surface area contributed by atoms with Crippen molar-refractivity contribution in [1.82, 2.24) is 14.4 Å². The first-order valence-electron chi connectivity index (χ1n) is 11.2. The maximum atomic E-state index is 12.6. The molecule has 7 nitrogen and oxygen atoms in total. The molecule has 5 rings (SSSR count). The van der Waals surface area contributed by atoms with Crippen molar-refractivity contribution in [1.29, 1.82) is 0 Å². The smallest absolute Gasteiger partial charge is 0.225 e. The number of methoxy groups -OCH3 is 1. The van der Waals surface area contributed by atoms with Gasteiger partial charge in [-0.05, 0) is 43.4 Å². The van der Waals surface area contributed by atoms with Crippen LogP contribution >= 0.6 is 0 Å². The molecule has 3 heterocycles. The van der Waals surface area contributed by atoms with E-state index in [2.05, 4.69) is 10.6 Å². The van der Waals surface area contributed by atoms with Crippen LogP contribution in [-0.4, -0.2) is 64.6 Å². The molecule has 2 aromatic rings. The SMILES string of the molecule is COc1ccc2c3c(n(C)c2c1)[C@H](CO)N(C(C)=O)CC31CCN(C(=O)C2CC2)CC1. The third-order valence-corrected chi connectivity index (χ3v) is 7.68. The molecule has 1 saturated heterocycles. The molecule has 2 amide bonds. The molecule has 1 saturated carbocycles. The molecule has 1 aromatic carbocycles. The van der Waals surface area contributed by atoms with Crippen molar-refractivity contribution in [3.05, 3.63) is 29.5 Å². The van der Waals surface area contributed by atoms with Gasteiger partial charge in [-0.2, -0.15) is 0 Å². The molecular weight excluding hydrogens is 394 g/mol. The van der Waals surface area contributed by atoms with Gasteiger partial charge in [0.1, 0.15) is 5.75 Å². The molecular formula is C24H31N3O4. The number of fused-ring (bicyclic) bond motifs is 4. The van der Waals surface area contributed by atoms with Gasteiger partial charge < -0.3 is 24.2 Å². The van der Waals surface area contributed by atoms with Crippen molar-refractivity contribution < 1.29 is 19.4 Å². The van der Waals surface area contributed by atoms with E-state index in [4.69, 9.17) is 4.74 Å². The van der Waals surface area contributed by atoms with E-state index < -0.39 is 0 Å². The number of amides is 2. The summed E-state index contributed by atoms with van der Waals surface area (Å²) in [7, 11) is 3.67. The number of hydrogen-bond acceptors (Lipinski definition) is 4. The van der Waals surface area contributed by atoms with Crippen LogP contribution in [0, 0.1) is 5.92 Å². The second-order valence-corrected chi connectivity index (χ2v) is 9.43. The van der Waals surface area contributed by atoms with Gasteiger partial charge in [0, 0.05) is 62.1 Å². The predicted molar refractivity (Wildman–Crippen MR) is 117 cm³/mol. The highest BCUT2D eigenvalue weighted by molar-refractivity contribution is 5.89. The monoisotopic (exact) mass is 425 g/mol. The Morgan fingerprint density at radius 3 is 2.52 bits per heavy atom. The second-order valence-electron chi connectivity index (χ2n) is 9.43. The molecule has 0 bridgehead atoms. The third kappa shape index (κ3) is 3.04. The van der Waals surface area contributed by atoms with E-state index in [1.165, 1.54) is 5.56 Å². The lowest BCUT2D eigenvalue weighted by Gasteiger charge is -2.50. The maximum Gasteiger partial charge on any atom is 0.225 e. The molecule has 0 unspecified atom stereocenters. The molecule has 2 aliphatic heterocycles. The highest BCUT2D eigenvalue weighted by Gasteiger charge is 2.49. The summed E-state index contributed by atoms with van der Waals surface area (Å²) in [6, 6.07) is 5.74. The zero-order valence-corrected chi connectivity index (χ0v) is 18.6. The highest BCUT2D eigenvalue weighted by atomic mass is 16.5. The van der Waals surface area contributed by atoms with E-state index in [0.29, 0.717) is 12.5 Å². The normalized spacial score (nSPS) is 22.6. The minimum absolute atomic E-state index is 0.0246. The first kappa shape index (κ1) is 20.4. The van der Waals surface area contributed by atoms with Crippen molar-refractivity contribution in [2.75, 3.05) is 33.4 Å². The maximum absolute atomic E-state index is 12.6. The van der Waals surface area contributed by atoms with Crippen LogP contribution in [0.4, 0.5) is 0 Å². The van der Waals surface area contributed by atoms with Crippen molar-refractivity contribution in [2.45, 2.75) is 44.1 Å². The van der Waals surface area contributed by atoms with E-state index in [1.54, 1.807) is 14.0 Å². The summed E-state index contributed by atoms with van der Waals surface area (Å²) in [5.74, 6) is 1.29. The van der Waals surface area contributed by atoms with Gasteiger partial charge in [0.2, 0.25) is 11.8 Å². The molecule has 0 radical (unpaired) electrons. The first-order valence-corrected chi connectivity index (χ1v) is 11.2. The minimum Gasteiger partial charge on any atom is -0.497 e. The van der Waals surface area contributed by atoms with Crippen LogP contribution in [0.3, 0.4) is 0 Å². The van der Waals surface area contributed by atoms with Crippen molar-refractivity contribution in [3.63, 3.8) is 0 Å². The van der Waals surface area contributed by atoms with Gasteiger partial charge in [0.25, 0.3) is 0 Å². The molecule has 2 fully saturated rings. The van der Waals surface area contributed by atoms with Crippen LogP contribution in [0.5, 0.6) is 5.75 Å². The van der Waals surface area contributed by atoms with Gasteiger partial charge in [0.15, 0.2) is 0 Å². The van der Waals surface area contributed by atoms with Crippen LogP contribution in [0.25, 0.3) is 10.9 Å². The van der Waals surface area contributed by atoms with Gasteiger partial charge in [-0.25, -0.2) is 0 Å². The molecule has 1 atom stereocenters. The van der Waals surface area contributed by atoms with Crippen molar-refractivity contribution >= 4 is 22.7 Å². The number of aliphatic hydroxyl groups excluding tert-OH is 1. The number of piperidine rings is 1. The number of ether oxygens (including phenoxy) is 1. The Balaban J connectivity index is 1.64. The fourth-order valence-electron chi connectivity index (χ4n) is 5.84. The lowest BCUT2D eigenvalue weighted by molar-refractivity contribution is -0.138. The molecule has 166 valence electrons. The van der Waals surface area contributed by atoms with Crippen molar-refractivity contribution in [3.8, 4) is 5.75 Å². The summed E-state index contributed by atoms with van der Waals surface area (Å²) in [6.45, 7) is 3.49. The molecule has 1 spiro atoms. The molecule has 1 N–H and O–H groups in total. The number of likely N-dealkylation sites (tertiary alicyclic amines) is 1. The van der Waals surface area contributed by atoms with Crippen LogP contribution in [0.2, 0.25) is 0 Å². The minimum atomic E-state index is -0.368. The van der Waals surface area contributed by atoms with Crippen LogP contribution in [0.15, 0.2) is 18.2 Å². The Morgan fingerprint density at radius 2 is 1.94 bits per heavy atom. The van der Waals surface area contributed by atoms with E-state index in [0.717, 1.165) is 61.1 Å². The molecule has 1 aliphatic carbocycles. The van der Waals surface area contributed by atoms with Gasteiger partial charge in [-0.15, -0.1) is 0 Å². The largest absolute Gasteiger partial charge is 0.497 e. The van der Waals surface area contributed by atoms with E-state index in [1.807, 2.05) is 29.0 Å². The number of carbonyl (C=O) groups is 2. The fourth-order valence-corrected chi connectivity index (χ4v) is 5.84. The Bertz CT molecular complexity index is 1050. The fraction of sp³-hybridized carbons (Fsp3) is 0.583. The average Bonchev–Trinajstić information content (AvgIpc) is 3.59. The Morgan fingerprint density at radius 1 is 1.23 bits per heavy atom. The topological polar surface area (TPSA) is 75.0 Å². The number of nitrogens with zero attached hydrogens (tertiary/aromatic N) is 3. The van der Waals surface area contributed by atoms with Crippen LogP contribution in [-0.2, 0) is 22.1 Å². The molecule has 1 aromatic heterocycles. The molecule has 7 heteroatoms. The summed E-state index contributed by atoms with van der Waals surface area (Å²) in [4.78, 5) is 29.1. The quantitative estimate of drug-likeness (QED) is 0.819. The molecule has 31 heavy (non-hydrogen) atoms. The zero-order valence-electron chi connectivity index (χ0n) is 18.6. The number of benzene rings is 1. The third-order valence-electron chi connectivity index (χ3n) is 7.68. The highest BCUT2D eigenvalue weighted by Crippen LogP contribution is 2.50. The van der Waals surface area contributed by atoms with Crippen LogP contribution < -0.4 is 4.74 Å².